The molecule has 6 heteroatoms. The fourth-order valence-electron chi connectivity index (χ4n) is 4.13. The summed E-state index contributed by atoms with van der Waals surface area (Å²) in [5, 5.41) is 2.89. The average Bonchev–Trinajstić information content (AvgIpc) is 2.93. The summed E-state index contributed by atoms with van der Waals surface area (Å²) in [4.78, 5) is 41.5. The number of nitrogens with zero attached hydrogens (tertiary/aromatic N) is 2. The summed E-state index contributed by atoms with van der Waals surface area (Å²) in [6, 6.07) is 9.38. The number of hydrogen-bond donors (Lipinski definition) is 1. The van der Waals surface area contributed by atoms with Crippen LogP contribution >= 0.6 is 0 Å². The minimum atomic E-state index is -0.801. The third-order valence-electron chi connectivity index (χ3n) is 6.31. The van der Waals surface area contributed by atoms with Crippen molar-refractivity contribution < 1.29 is 14.4 Å². The van der Waals surface area contributed by atoms with Crippen LogP contribution < -0.4 is 5.32 Å². The van der Waals surface area contributed by atoms with Crippen molar-refractivity contribution in [2.75, 3.05) is 6.54 Å². The summed E-state index contributed by atoms with van der Waals surface area (Å²) in [5.41, 5.74) is 0.232. The van der Waals surface area contributed by atoms with Gasteiger partial charge in [-0.05, 0) is 50.5 Å². The zero-order valence-electron chi connectivity index (χ0n) is 17.1. The van der Waals surface area contributed by atoms with Crippen molar-refractivity contribution in [3.05, 3.63) is 35.9 Å². The molecule has 1 aliphatic carbocycles. The van der Waals surface area contributed by atoms with Crippen LogP contribution in [0.4, 0.5) is 4.79 Å². The number of carbonyl (C=O) groups excluding carboxylic acids is 3. The normalized spacial score (nSPS) is 25.7. The zero-order valence-corrected chi connectivity index (χ0v) is 17.1. The Morgan fingerprint density at radius 2 is 1.89 bits per heavy atom. The SMILES string of the molecule is CCC(C)N(Cc1ccccc1)C(=O)CN1C(=O)NC2(CCC(C)CC2)C1=O. The summed E-state index contributed by atoms with van der Waals surface area (Å²) >= 11 is 0. The molecule has 1 aromatic carbocycles. The molecule has 152 valence electrons. The third-order valence-corrected chi connectivity index (χ3v) is 6.31. The van der Waals surface area contributed by atoms with Gasteiger partial charge in [-0.25, -0.2) is 4.79 Å². The first kappa shape index (κ1) is 20.4. The second-order valence-electron chi connectivity index (χ2n) is 8.35. The molecule has 1 heterocycles. The van der Waals surface area contributed by atoms with E-state index in [4.69, 9.17) is 0 Å². The Kier molecular flexibility index (Phi) is 6.06. The lowest BCUT2D eigenvalue weighted by molar-refractivity contribution is -0.141. The number of nitrogens with one attached hydrogen (secondary N) is 1. The van der Waals surface area contributed by atoms with Crippen LogP contribution in [0.2, 0.25) is 0 Å². The first-order valence-electron chi connectivity index (χ1n) is 10.3. The quantitative estimate of drug-likeness (QED) is 0.764. The standard InChI is InChI=1S/C22H31N3O3/c1-4-17(3)24(14-18-8-6-5-7-9-18)19(26)15-25-20(27)22(23-21(25)28)12-10-16(2)11-13-22/h5-9,16-17H,4,10-15H2,1-3H3,(H,23,28). The lowest BCUT2D eigenvalue weighted by atomic mass is 9.77. The highest BCUT2D eigenvalue weighted by atomic mass is 16.2. The number of urea groups is 1. The van der Waals surface area contributed by atoms with E-state index in [0.29, 0.717) is 25.3 Å². The Labute approximate surface area is 167 Å². The van der Waals surface area contributed by atoms with Crippen LogP contribution in [-0.4, -0.2) is 45.8 Å². The summed E-state index contributed by atoms with van der Waals surface area (Å²) < 4.78 is 0. The fraction of sp³-hybridized carbons (Fsp3) is 0.591. The molecular weight excluding hydrogens is 354 g/mol. The topological polar surface area (TPSA) is 69.7 Å². The maximum Gasteiger partial charge on any atom is 0.325 e. The molecule has 1 atom stereocenters. The van der Waals surface area contributed by atoms with Gasteiger partial charge in [-0.1, -0.05) is 44.2 Å². The number of imide groups is 1. The highest BCUT2D eigenvalue weighted by molar-refractivity contribution is 6.09. The molecule has 3 rings (SSSR count). The van der Waals surface area contributed by atoms with Gasteiger partial charge in [0.05, 0.1) is 0 Å². The second-order valence-corrected chi connectivity index (χ2v) is 8.35. The molecule has 1 aliphatic heterocycles. The van der Waals surface area contributed by atoms with Crippen LogP contribution in [0.1, 0.15) is 58.4 Å². The Bertz CT molecular complexity index is 726. The first-order valence-corrected chi connectivity index (χ1v) is 10.3. The van der Waals surface area contributed by atoms with Crippen molar-refractivity contribution in [3.8, 4) is 0 Å². The number of hydrogen-bond acceptors (Lipinski definition) is 3. The van der Waals surface area contributed by atoms with E-state index in [1.54, 1.807) is 4.90 Å². The van der Waals surface area contributed by atoms with Crippen molar-refractivity contribution in [1.29, 1.82) is 0 Å². The fourth-order valence-corrected chi connectivity index (χ4v) is 4.13. The molecule has 1 saturated heterocycles. The van der Waals surface area contributed by atoms with Gasteiger partial charge in [0, 0.05) is 12.6 Å². The van der Waals surface area contributed by atoms with Crippen LogP contribution in [-0.2, 0) is 16.1 Å². The largest absolute Gasteiger partial charge is 0.334 e. The van der Waals surface area contributed by atoms with Gasteiger partial charge in [-0.2, -0.15) is 0 Å². The van der Waals surface area contributed by atoms with Gasteiger partial charge < -0.3 is 10.2 Å². The molecule has 28 heavy (non-hydrogen) atoms. The molecule has 2 fully saturated rings. The third kappa shape index (κ3) is 4.05. The van der Waals surface area contributed by atoms with Gasteiger partial charge >= 0.3 is 6.03 Å². The monoisotopic (exact) mass is 385 g/mol. The van der Waals surface area contributed by atoms with Gasteiger partial charge in [0.15, 0.2) is 0 Å². The Morgan fingerprint density at radius 1 is 1.25 bits per heavy atom. The van der Waals surface area contributed by atoms with Gasteiger partial charge in [-0.3, -0.25) is 14.5 Å². The van der Waals surface area contributed by atoms with E-state index in [2.05, 4.69) is 12.2 Å². The molecule has 1 N–H and O–H groups in total. The molecule has 1 aromatic rings. The second kappa shape index (κ2) is 8.33. The zero-order chi connectivity index (χ0) is 20.3. The first-order chi connectivity index (χ1) is 13.4. The highest BCUT2D eigenvalue weighted by Crippen LogP contribution is 2.36. The van der Waals surface area contributed by atoms with Crippen LogP contribution in [0.25, 0.3) is 0 Å². The van der Waals surface area contributed by atoms with E-state index in [1.807, 2.05) is 44.2 Å². The van der Waals surface area contributed by atoms with Crippen molar-refractivity contribution >= 4 is 17.8 Å². The predicted molar refractivity (Wildman–Crippen MR) is 107 cm³/mol. The van der Waals surface area contributed by atoms with Crippen LogP contribution in [0.15, 0.2) is 30.3 Å². The molecule has 6 nitrogen and oxygen atoms in total. The van der Waals surface area contributed by atoms with Crippen LogP contribution in [0.5, 0.6) is 0 Å². The Hall–Kier alpha value is -2.37. The number of carbonyl (C=O) groups is 3. The molecule has 0 aromatic heterocycles. The van der Waals surface area contributed by atoms with Crippen molar-refractivity contribution in [3.63, 3.8) is 0 Å². The molecule has 1 unspecified atom stereocenters. The van der Waals surface area contributed by atoms with E-state index < -0.39 is 11.6 Å². The molecule has 0 bridgehead atoms. The Morgan fingerprint density at radius 3 is 2.50 bits per heavy atom. The number of rotatable bonds is 6. The molecule has 1 saturated carbocycles. The van der Waals surface area contributed by atoms with E-state index in [-0.39, 0.29) is 24.4 Å². The minimum absolute atomic E-state index is 0.0259. The average molecular weight is 386 g/mol. The molecule has 4 amide bonds. The van der Waals surface area contributed by atoms with Crippen molar-refractivity contribution in [1.82, 2.24) is 15.1 Å². The lowest BCUT2D eigenvalue weighted by Gasteiger charge is -2.34. The maximum absolute atomic E-state index is 13.1. The summed E-state index contributed by atoms with van der Waals surface area (Å²) in [6.07, 6.45) is 3.95. The maximum atomic E-state index is 13.1. The van der Waals surface area contributed by atoms with Crippen LogP contribution in [0, 0.1) is 5.92 Å². The van der Waals surface area contributed by atoms with E-state index in [1.165, 1.54) is 0 Å². The van der Waals surface area contributed by atoms with Crippen molar-refractivity contribution in [2.45, 2.75) is 71.0 Å². The van der Waals surface area contributed by atoms with Crippen molar-refractivity contribution in [2.24, 2.45) is 5.92 Å². The summed E-state index contributed by atoms with van der Waals surface area (Å²) in [6.45, 7) is 6.47. The van der Waals surface area contributed by atoms with Gasteiger partial charge in [0.25, 0.3) is 5.91 Å². The molecule has 0 radical (unpaired) electrons. The number of amides is 4. The summed E-state index contributed by atoms with van der Waals surface area (Å²) in [5.74, 6) is 0.141. The molecular formula is C22H31N3O3. The summed E-state index contributed by atoms with van der Waals surface area (Å²) in [7, 11) is 0. The number of benzene rings is 1. The lowest BCUT2D eigenvalue weighted by Crippen LogP contribution is -2.50. The van der Waals surface area contributed by atoms with Gasteiger partial charge in [0.2, 0.25) is 5.91 Å². The van der Waals surface area contributed by atoms with E-state index in [9.17, 15) is 14.4 Å². The van der Waals surface area contributed by atoms with Gasteiger partial charge in [-0.15, -0.1) is 0 Å². The predicted octanol–water partition coefficient (Wildman–Crippen LogP) is 3.31. The van der Waals surface area contributed by atoms with Gasteiger partial charge in [0.1, 0.15) is 12.1 Å². The smallest absolute Gasteiger partial charge is 0.325 e. The molecule has 1 spiro atoms. The van der Waals surface area contributed by atoms with E-state index >= 15 is 0 Å². The Balaban J connectivity index is 1.72. The highest BCUT2D eigenvalue weighted by Gasteiger charge is 2.52. The minimum Gasteiger partial charge on any atom is -0.334 e. The van der Waals surface area contributed by atoms with E-state index in [0.717, 1.165) is 29.7 Å². The molecule has 2 aliphatic rings. The van der Waals surface area contributed by atoms with Crippen LogP contribution in [0.3, 0.4) is 0 Å².